The zero-order valence-electron chi connectivity index (χ0n) is 19.8. The number of nitrogens with one attached hydrogen (secondary N) is 1. The number of aryl methyl sites for hydroxylation is 1. The quantitative estimate of drug-likeness (QED) is 0.591. The number of sulfonamides is 1. The van der Waals surface area contributed by atoms with Gasteiger partial charge in [-0.3, -0.25) is 9.59 Å². The lowest BCUT2D eigenvalue weighted by atomic mass is 9.99. The minimum absolute atomic E-state index is 0.139. The van der Waals surface area contributed by atoms with Gasteiger partial charge in [0, 0.05) is 43.0 Å². The maximum absolute atomic E-state index is 12.7. The van der Waals surface area contributed by atoms with Crippen LogP contribution >= 0.6 is 0 Å². The second kappa shape index (κ2) is 10.5. The van der Waals surface area contributed by atoms with Gasteiger partial charge in [0.25, 0.3) is 5.91 Å². The lowest BCUT2D eigenvalue weighted by Crippen LogP contribution is -2.36. The van der Waals surface area contributed by atoms with Crippen molar-refractivity contribution >= 4 is 33.2 Å². The Morgan fingerprint density at radius 2 is 1.73 bits per heavy atom. The van der Waals surface area contributed by atoms with E-state index in [2.05, 4.69) is 19.2 Å². The molecule has 0 atom stereocenters. The molecule has 0 bridgehead atoms. The van der Waals surface area contributed by atoms with Crippen LogP contribution in [0.4, 0.5) is 11.4 Å². The van der Waals surface area contributed by atoms with Crippen LogP contribution in [-0.4, -0.2) is 44.2 Å². The summed E-state index contributed by atoms with van der Waals surface area (Å²) in [5.41, 5.74) is 2.98. The molecule has 0 fully saturated rings. The molecule has 1 heterocycles. The minimum atomic E-state index is -3.56. The molecule has 0 radical (unpaired) electrons. The molecular formula is C25H33N3O4S. The van der Waals surface area contributed by atoms with E-state index in [4.69, 9.17) is 0 Å². The van der Waals surface area contributed by atoms with Crippen LogP contribution in [0.5, 0.6) is 0 Å². The third kappa shape index (κ3) is 5.62. The summed E-state index contributed by atoms with van der Waals surface area (Å²) >= 11 is 0. The number of carbonyl (C=O) groups excluding carboxylic acids is 2. The summed E-state index contributed by atoms with van der Waals surface area (Å²) in [5, 5.41) is 2.89. The van der Waals surface area contributed by atoms with Gasteiger partial charge in [-0.1, -0.05) is 27.7 Å². The fourth-order valence-electron chi connectivity index (χ4n) is 3.96. The van der Waals surface area contributed by atoms with E-state index in [1.54, 1.807) is 19.9 Å². The van der Waals surface area contributed by atoms with Gasteiger partial charge in [0.1, 0.15) is 0 Å². The predicted octanol–water partition coefficient (Wildman–Crippen LogP) is 4.29. The summed E-state index contributed by atoms with van der Waals surface area (Å²) in [6, 6.07) is 11.6. The third-order valence-electron chi connectivity index (χ3n) is 5.93. The Hall–Kier alpha value is -2.71. The number of benzene rings is 2. The number of hydrogen-bond donors (Lipinski definition) is 1. The van der Waals surface area contributed by atoms with E-state index < -0.39 is 10.0 Å². The number of carbonyl (C=O) groups is 2. The molecule has 0 spiro atoms. The van der Waals surface area contributed by atoms with Crippen molar-refractivity contribution in [1.82, 2.24) is 4.31 Å². The summed E-state index contributed by atoms with van der Waals surface area (Å²) in [5.74, 6) is 0.333. The molecule has 8 heteroatoms. The zero-order chi connectivity index (χ0) is 24.2. The average molecular weight is 472 g/mol. The van der Waals surface area contributed by atoms with Gasteiger partial charge in [0.2, 0.25) is 15.9 Å². The van der Waals surface area contributed by atoms with E-state index in [1.807, 2.05) is 17.0 Å². The summed E-state index contributed by atoms with van der Waals surface area (Å²) in [4.78, 5) is 27.2. The molecule has 0 saturated heterocycles. The van der Waals surface area contributed by atoms with Gasteiger partial charge in [-0.15, -0.1) is 0 Å². The molecule has 1 aliphatic rings. The highest BCUT2D eigenvalue weighted by Crippen LogP contribution is 2.31. The largest absolute Gasteiger partial charge is 0.322 e. The predicted molar refractivity (Wildman–Crippen MR) is 131 cm³/mol. The van der Waals surface area contributed by atoms with Gasteiger partial charge in [-0.2, -0.15) is 4.31 Å². The SMILES string of the molecule is CCN(CC)S(=O)(=O)c1ccc(C(=O)Nc2ccc3c(c2)CCC(=O)N3CCC(C)C)cc1. The van der Waals surface area contributed by atoms with Crippen molar-refractivity contribution in [3.63, 3.8) is 0 Å². The molecule has 33 heavy (non-hydrogen) atoms. The van der Waals surface area contributed by atoms with Gasteiger partial charge in [-0.25, -0.2) is 8.42 Å². The van der Waals surface area contributed by atoms with E-state index in [-0.39, 0.29) is 16.7 Å². The monoisotopic (exact) mass is 471 g/mol. The molecule has 7 nitrogen and oxygen atoms in total. The molecule has 3 rings (SSSR count). The first kappa shape index (κ1) is 24.9. The molecule has 0 unspecified atom stereocenters. The molecule has 1 N–H and O–H groups in total. The lowest BCUT2D eigenvalue weighted by Gasteiger charge is -2.30. The highest BCUT2D eigenvalue weighted by molar-refractivity contribution is 7.89. The second-order valence-electron chi connectivity index (χ2n) is 8.64. The number of anilines is 2. The molecule has 1 aliphatic heterocycles. The van der Waals surface area contributed by atoms with E-state index >= 15 is 0 Å². The first-order valence-electron chi connectivity index (χ1n) is 11.5. The Balaban J connectivity index is 1.74. The van der Waals surface area contributed by atoms with Gasteiger partial charge in [0.15, 0.2) is 0 Å². The van der Waals surface area contributed by atoms with Crippen molar-refractivity contribution in [3.8, 4) is 0 Å². The number of amides is 2. The van der Waals surface area contributed by atoms with Crippen molar-refractivity contribution in [2.24, 2.45) is 5.92 Å². The summed E-state index contributed by atoms with van der Waals surface area (Å²) < 4.78 is 26.6. The lowest BCUT2D eigenvalue weighted by molar-refractivity contribution is -0.118. The highest BCUT2D eigenvalue weighted by Gasteiger charge is 2.25. The van der Waals surface area contributed by atoms with Crippen LogP contribution < -0.4 is 10.2 Å². The van der Waals surface area contributed by atoms with E-state index in [0.29, 0.717) is 49.6 Å². The van der Waals surface area contributed by atoms with E-state index in [9.17, 15) is 18.0 Å². The van der Waals surface area contributed by atoms with Crippen molar-refractivity contribution in [2.45, 2.75) is 51.9 Å². The Labute approximate surface area is 196 Å². The van der Waals surface area contributed by atoms with Crippen LogP contribution in [0, 0.1) is 5.92 Å². The summed E-state index contributed by atoms with van der Waals surface area (Å²) in [6.45, 7) is 9.33. The number of nitrogens with zero attached hydrogens (tertiary/aromatic N) is 2. The average Bonchev–Trinajstić information content (AvgIpc) is 2.79. The topological polar surface area (TPSA) is 86.8 Å². The normalized spacial score (nSPS) is 14.0. The van der Waals surface area contributed by atoms with Gasteiger partial charge >= 0.3 is 0 Å². The molecule has 178 valence electrons. The number of fused-ring (bicyclic) bond motifs is 1. The zero-order valence-corrected chi connectivity index (χ0v) is 20.6. The molecule has 2 aromatic carbocycles. The summed E-state index contributed by atoms with van der Waals surface area (Å²) in [6.07, 6.45) is 2.04. The van der Waals surface area contributed by atoms with E-state index in [0.717, 1.165) is 17.7 Å². The molecule has 0 aliphatic carbocycles. The molecule has 2 aromatic rings. The highest BCUT2D eigenvalue weighted by atomic mass is 32.2. The first-order valence-corrected chi connectivity index (χ1v) is 13.0. The van der Waals surface area contributed by atoms with Crippen LogP contribution in [0.3, 0.4) is 0 Å². The molecule has 2 amide bonds. The van der Waals surface area contributed by atoms with Crippen LogP contribution in [0.2, 0.25) is 0 Å². The number of hydrogen-bond acceptors (Lipinski definition) is 4. The molecule has 0 aromatic heterocycles. The van der Waals surface area contributed by atoms with Crippen molar-refractivity contribution in [1.29, 1.82) is 0 Å². The summed E-state index contributed by atoms with van der Waals surface area (Å²) in [7, 11) is -3.56. The fourth-order valence-corrected chi connectivity index (χ4v) is 5.42. The minimum Gasteiger partial charge on any atom is -0.322 e. The van der Waals surface area contributed by atoms with Crippen molar-refractivity contribution < 1.29 is 18.0 Å². The Morgan fingerprint density at radius 3 is 2.33 bits per heavy atom. The molecular weight excluding hydrogens is 438 g/mol. The van der Waals surface area contributed by atoms with Crippen LogP contribution in [-0.2, 0) is 21.2 Å². The first-order chi connectivity index (χ1) is 15.7. The second-order valence-corrected chi connectivity index (χ2v) is 10.6. The Morgan fingerprint density at radius 1 is 1.06 bits per heavy atom. The Kier molecular flexibility index (Phi) is 7.92. The smallest absolute Gasteiger partial charge is 0.255 e. The maximum Gasteiger partial charge on any atom is 0.255 e. The van der Waals surface area contributed by atoms with Crippen molar-refractivity contribution in [2.75, 3.05) is 29.9 Å². The van der Waals surface area contributed by atoms with Crippen LogP contribution in [0.25, 0.3) is 0 Å². The van der Waals surface area contributed by atoms with Crippen LogP contribution in [0.15, 0.2) is 47.4 Å². The Bertz CT molecular complexity index is 1110. The number of rotatable bonds is 9. The third-order valence-corrected chi connectivity index (χ3v) is 7.99. The molecule has 0 saturated carbocycles. The van der Waals surface area contributed by atoms with Crippen LogP contribution in [0.1, 0.15) is 56.5 Å². The van der Waals surface area contributed by atoms with Gasteiger partial charge in [0.05, 0.1) is 4.90 Å². The van der Waals surface area contributed by atoms with Crippen molar-refractivity contribution in [3.05, 3.63) is 53.6 Å². The fraction of sp³-hybridized carbons (Fsp3) is 0.440. The van der Waals surface area contributed by atoms with Gasteiger partial charge in [-0.05, 0) is 66.8 Å². The standard InChI is InChI=1S/C25H33N3O4S/c1-5-27(6-2)33(31,32)22-11-7-19(8-12-22)25(30)26-21-10-13-23-20(17-21)9-14-24(29)28(23)16-15-18(3)4/h7-8,10-13,17-18H,5-6,9,14-16H2,1-4H3,(H,26,30). The van der Waals surface area contributed by atoms with Gasteiger partial charge < -0.3 is 10.2 Å². The van der Waals surface area contributed by atoms with E-state index in [1.165, 1.54) is 28.6 Å². The maximum atomic E-state index is 12.7.